The van der Waals surface area contributed by atoms with Gasteiger partial charge < -0.3 is 68.9 Å². The van der Waals surface area contributed by atoms with E-state index in [0.29, 0.717) is 25.7 Å². The highest BCUT2D eigenvalue weighted by molar-refractivity contribution is 5.67. The zero-order valence-electron chi connectivity index (χ0n) is 37.3. The van der Waals surface area contributed by atoms with Gasteiger partial charge in [-0.05, 0) is 117 Å². The van der Waals surface area contributed by atoms with E-state index < -0.39 is 109 Å². The Morgan fingerprint density at radius 2 is 1.43 bits per heavy atom. The molecule has 0 aromatic heterocycles. The third kappa shape index (κ3) is 6.89. The quantitative estimate of drug-likeness (QED) is 0.129. The van der Waals surface area contributed by atoms with E-state index in [2.05, 4.69) is 34.6 Å². The van der Waals surface area contributed by atoms with Crippen molar-refractivity contribution in [3.8, 4) is 0 Å². The van der Waals surface area contributed by atoms with Gasteiger partial charge >= 0.3 is 11.9 Å². The van der Waals surface area contributed by atoms with Crippen LogP contribution in [-0.2, 0) is 42.7 Å². The molecular weight excluding hydrogens is 796 g/mol. The van der Waals surface area contributed by atoms with Gasteiger partial charge in [-0.2, -0.15) is 0 Å². The van der Waals surface area contributed by atoms with Crippen molar-refractivity contribution in [2.24, 2.45) is 44.8 Å². The van der Waals surface area contributed by atoms with Gasteiger partial charge in [-0.15, -0.1) is 0 Å². The standard InChI is InChI=1S/C45H72O16/c1-21(47)56-33-24(50)19-55-38(34(33)57-22(2)48)60-28-11-13-45-20-44(45)15-14-41(7)35(43(9)12-10-29(61-43)40(5,6)54)23(49)17-42(41,8)27(44)16-25(36(45)39(28,3)4)58-37-32(53)31(52)30(51)26(18-46)59-37/h23-38,46,49-54H,10-20H2,1-9H3/t23-,24+,25+,26+,27-,28+,29+,30+,31-,32+,33-,34+,35-,36+,37+,38-,41+,42-,43+,44+,45-/m0/s1. The van der Waals surface area contributed by atoms with Gasteiger partial charge in [-0.25, -0.2) is 0 Å². The topological polar surface area (TPSA) is 240 Å². The Morgan fingerprint density at radius 1 is 0.754 bits per heavy atom. The van der Waals surface area contributed by atoms with Crippen LogP contribution in [0.1, 0.15) is 120 Å². The smallest absolute Gasteiger partial charge is 0.303 e. The van der Waals surface area contributed by atoms with Gasteiger partial charge in [-0.3, -0.25) is 9.59 Å². The Kier molecular flexibility index (Phi) is 11.5. The number of rotatable bonds is 9. The molecule has 0 radical (unpaired) electrons. The van der Waals surface area contributed by atoms with Crippen LogP contribution in [0, 0.1) is 44.8 Å². The van der Waals surface area contributed by atoms with E-state index >= 15 is 0 Å². The molecule has 16 nitrogen and oxygen atoms in total. The Bertz CT molecular complexity index is 1680. The fraction of sp³-hybridized carbons (Fsp3) is 0.956. The molecule has 0 aromatic carbocycles. The van der Waals surface area contributed by atoms with Crippen molar-refractivity contribution in [1.82, 2.24) is 0 Å². The van der Waals surface area contributed by atoms with Crippen LogP contribution in [0.25, 0.3) is 0 Å². The fourth-order valence-electron chi connectivity index (χ4n) is 15.5. The summed E-state index contributed by atoms with van der Waals surface area (Å²) in [6, 6.07) is 0. The van der Waals surface area contributed by atoms with Gasteiger partial charge in [0, 0.05) is 19.8 Å². The van der Waals surface area contributed by atoms with E-state index in [-0.39, 0.29) is 52.1 Å². The van der Waals surface area contributed by atoms with Crippen molar-refractivity contribution in [3.63, 3.8) is 0 Å². The minimum atomic E-state index is -1.63. The molecule has 16 heteroatoms. The van der Waals surface area contributed by atoms with Crippen LogP contribution in [0.15, 0.2) is 0 Å². The molecule has 61 heavy (non-hydrogen) atoms. The second-order valence-corrected chi connectivity index (χ2v) is 22.2. The molecule has 3 heterocycles. The number of hydrogen-bond donors (Lipinski definition) is 7. The Hall–Kier alpha value is -1.54. The molecule has 5 saturated carbocycles. The van der Waals surface area contributed by atoms with E-state index in [1.54, 1.807) is 13.8 Å². The van der Waals surface area contributed by atoms with Crippen LogP contribution in [0.2, 0.25) is 0 Å². The number of aliphatic hydroxyl groups is 7. The fourth-order valence-corrected chi connectivity index (χ4v) is 15.5. The first-order chi connectivity index (χ1) is 28.3. The van der Waals surface area contributed by atoms with E-state index in [1.165, 1.54) is 13.8 Å². The van der Waals surface area contributed by atoms with E-state index in [9.17, 15) is 45.3 Å². The minimum absolute atomic E-state index is 0.0638. The predicted octanol–water partition coefficient (Wildman–Crippen LogP) is 1.87. The van der Waals surface area contributed by atoms with Crippen molar-refractivity contribution < 1.29 is 78.5 Å². The number of carbonyl (C=O) groups is 2. The molecule has 2 spiro atoms. The summed E-state index contributed by atoms with van der Waals surface area (Å²) in [4.78, 5) is 24.5. The molecule has 8 aliphatic rings. The summed E-state index contributed by atoms with van der Waals surface area (Å²) in [5.41, 5.74) is -3.46. The van der Waals surface area contributed by atoms with E-state index in [1.807, 2.05) is 0 Å². The summed E-state index contributed by atoms with van der Waals surface area (Å²) in [7, 11) is 0. The Morgan fingerprint density at radius 3 is 2.05 bits per heavy atom. The Labute approximate surface area is 358 Å². The summed E-state index contributed by atoms with van der Waals surface area (Å²) < 4.78 is 43.6. The molecule has 0 bridgehead atoms. The van der Waals surface area contributed by atoms with Crippen molar-refractivity contribution in [3.05, 3.63) is 0 Å². The third-order valence-electron chi connectivity index (χ3n) is 18.2. The van der Waals surface area contributed by atoms with Gasteiger partial charge in [0.05, 0.1) is 48.8 Å². The number of ether oxygens (including phenoxy) is 7. The van der Waals surface area contributed by atoms with Crippen molar-refractivity contribution in [2.75, 3.05) is 13.2 Å². The van der Waals surface area contributed by atoms with Crippen LogP contribution in [-0.4, -0.2) is 152 Å². The lowest BCUT2D eigenvalue weighted by molar-refractivity contribution is -0.339. The highest BCUT2D eigenvalue weighted by Crippen LogP contribution is 2.89. The molecule has 7 N–H and O–H groups in total. The second kappa shape index (κ2) is 15.3. The van der Waals surface area contributed by atoms with Gasteiger partial charge in [0.25, 0.3) is 0 Å². The first-order valence-electron chi connectivity index (χ1n) is 22.6. The van der Waals surface area contributed by atoms with Crippen LogP contribution >= 0.6 is 0 Å². The van der Waals surface area contributed by atoms with Gasteiger partial charge in [0.2, 0.25) is 0 Å². The minimum Gasteiger partial charge on any atom is -0.455 e. The highest BCUT2D eigenvalue weighted by Gasteiger charge is 2.85. The normalized spacial score (nSPS) is 53.8. The van der Waals surface area contributed by atoms with E-state index in [4.69, 9.17) is 33.2 Å². The number of aliphatic hydroxyl groups excluding tert-OH is 6. The molecule has 0 unspecified atom stereocenters. The molecule has 21 atom stereocenters. The molecule has 5 aliphatic carbocycles. The zero-order valence-corrected chi connectivity index (χ0v) is 37.3. The largest absolute Gasteiger partial charge is 0.455 e. The Balaban J connectivity index is 1.15. The summed E-state index contributed by atoms with van der Waals surface area (Å²) in [6.45, 7) is 16.1. The molecule has 3 aliphatic heterocycles. The van der Waals surface area contributed by atoms with Crippen LogP contribution in [0.5, 0.6) is 0 Å². The van der Waals surface area contributed by atoms with Crippen molar-refractivity contribution in [2.45, 2.75) is 211 Å². The second-order valence-electron chi connectivity index (χ2n) is 22.2. The lowest BCUT2D eigenvalue weighted by Crippen LogP contribution is -2.65. The molecule has 8 rings (SSSR count). The van der Waals surface area contributed by atoms with E-state index in [0.717, 1.165) is 32.1 Å². The van der Waals surface area contributed by atoms with Crippen molar-refractivity contribution in [1.29, 1.82) is 0 Å². The first-order valence-corrected chi connectivity index (χ1v) is 22.6. The third-order valence-corrected chi connectivity index (χ3v) is 18.2. The molecular formula is C45H72O16. The van der Waals surface area contributed by atoms with Crippen LogP contribution in [0.3, 0.4) is 0 Å². The average Bonchev–Trinajstić information content (AvgIpc) is 3.52. The van der Waals surface area contributed by atoms with Crippen LogP contribution in [0.4, 0.5) is 0 Å². The summed E-state index contributed by atoms with van der Waals surface area (Å²) in [5, 5.41) is 77.1. The molecule has 348 valence electrons. The molecule has 0 aromatic rings. The number of carbonyl (C=O) groups excluding carboxylic acids is 2. The average molecular weight is 869 g/mol. The number of fused-ring (bicyclic) bond motifs is 2. The molecule has 3 saturated heterocycles. The monoisotopic (exact) mass is 868 g/mol. The maximum Gasteiger partial charge on any atom is 0.303 e. The number of hydrogen-bond acceptors (Lipinski definition) is 16. The summed E-state index contributed by atoms with van der Waals surface area (Å²) in [5.74, 6) is -1.67. The lowest BCUT2D eigenvalue weighted by Gasteiger charge is -2.65. The summed E-state index contributed by atoms with van der Waals surface area (Å²) >= 11 is 0. The first kappa shape index (κ1) is 46.0. The predicted molar refractivity (Wildman–Crippen MR) is 213 cm³/mol. The molecule has 0 amide bonds. The maximum absolute atomic E-state index is 12.4. The lowest BCUT2D eigenvalue weighted by atomic mass is 9.41. The highest BCUT2D eigenvalue weighted by atomic mass is 16.7. The van der Waals surface area contributed by atoms with Gasteiger partial charge in [-0.1, -0.05) is 27.7 Å². The summed E-state index contributed by atoms with van der Waals surface area (Å²) in [6.07, 6.45) is -7.80. The SMILES string of the molecule is CC(=O)O[C@@H]1[C@@H](OC(C)=O)[C@H](O[C@@H]2CC[C@@]34C[C@@]35CC[C@]3(C)[C@@H]([C@@]6(C)CC[C@H](C(C)(C)O)O6)[C@@H](O)C[C@@]3(C)[C@@H]5C[C@@H](O[C@@H]3O[C@H](CO)[C@@H](O)[C@H](O)[C@H]3O)[C@@H]4C2(C)C)OC[C@H]1O. The van der Waals surface area contributed by atoms with Gasteiger partial charge in [0.15, 0.2) is 24.8 Å². The number of esters is 2. The molecule has 8 fully saturated rings. The van der Waals surface area contributed by atoms with Gasteiger partial charge in [0.1, 0.15) is 30.5 Å². The maximum atomic E-state index is 12.4. The van der Waals surface area contributed by atoms with Crippen molar-refractivity contribution >= 4 is 11.9 Å². The van der Waals surface area contributed by atoms with Crippen LogP contribution < -0.4 is 0 Å². The zero-order chi connectivity index (χ0) is 44.6.